The van der Waals surface area contributed by atoms with Crippen LogP contribution >= 0.6 is 0 Å². The number of nitrogens with one attached hydrogen (secondary N) is 1. The predicted octanol–water partition coefficient (Wildman–Crippen LogP) is 2.29. The zero-order valence-corrected chi connectivity index (χ0v) is 10.1. The second kappa shape index (κ2) is 5.64. The largest absolute Gasteiger partial charge is 0.382 e. The molecule has 1 aliphatic heterocycles. The van der Waals surface area contributed by atoms with E-state index < -0.39 is 0 Å². The minimum atomic E-state index is 0.0686. The van der Waals surface area contributed by atoms with Crippen molar-refractivity contribution in [3.63, 3.8) is 0 Å². The molecule has 0 saturated carbocycles. The van der Waals surface area contributed by atoms with Crippen molar-refractivity contribution < 1.29 is 9.57 Å². The maximum Gasteiger partial charge on any atom is 0.104 e. The molecule has 1 saturated heterocycles. The summed E-state index contributed by atoms with van der Waals surface area (Å²) in [6.45, 7) is 8.94. The van der Waals surface area contributed by atoms with Crippen molar-refractivity contribution in [1.29, 1.82) is 0 Å². The van der Waals surface area contributed by atoms with E-state index in [2.05, 4.69) is 25.9 Å². The highest BCUT2D eigenvalue weighted by molar-refractivity contribution is 4.97. The summed E-state index contributed by atoms with van der Waals surface area (Å²) < 4.78 is 5.11. The van der Waals surface area contributed by atoms with Gasteiger partial charge in [-0.2, -0.15) is 5.48 Å². The average molecular weight is 213 g/mol. The summed E-state index contributed by atoms with van der Waals surface area (Å²) in [7, 11) is 1.71. The second-order valence-electron chi connectivity index (χ2n) is 4.87. The Balaban J connectivity index is 2.55. The van der Waals surface area contributed by atoms with Crippen molar-refractivity contribution in [1.82, 2.24) is 5.48 Å². The lowest BCUT2D eigenvalue weighted by atomic mass is 9.83. The Hall–Kier alpha value is -0.380. The molecule has 1 rings (SSSR count). The molecular formula is C12H23NO2. The highest BCUT2D eigenvalue weighted by atomic mass is 16.7. The summed E-state index contributed by atoms with van der Waals surface area (Å²) in [5.74, 6) is 0.655. The lowest BCUT2D eigenvalue weighted by Gasteiger charge is -2.28. The fourth-order valence-electron chi connectivity index (χ4n) is 2.40. The van der Waals surface area contributed by atoms with Crippen molar-refractivity contribution in [3.8, 4) is 0 Å². The first-order valence-corrected chi connectivity index (χ1v) is 5.64. The third-order valence-electron chi connectivity index (χ3n) is 2.75. The van der Waals surface area contributed by atoms with Gasteiger partial charge in [-0.1, -0.05) is 19.9 Å². The zero-order valence-electron chi connectivity index (χ0n) is 10.1. The third kappa shape index (κ3) is 3.59. The van der Waals surface area contributed by atoms with E-state index in [-0.39, 0.29) is 11.6 Å². The number of hydrogen-bond donors (Lipinski definition) is 1. The van der Waals surface area contributed by atoms with E-state index in [1.165, 1.54) is 0 Å². The van der Waals surface area contributed by atoms with Gasteiger partial charge < -0.3 is 4.74 Å². The van der Waals surface area contributed by atoms with E-state index in [4.69, 9.17) is 9.57 Å². The van der Waals surface area contributed by atoms with Gasteiger partial charge in [-0.25, -0.2) is 0 Å². The molecule has 15 heavy (non-hydrogen) atoms. The summed E-state index contributed by atoms with van der Waals surface area (Å²) in [5.41, 5.74) is 3.25. The molecule has 0 unspecified atom stereocenters. The molecule has 1 fully saturated rings. The van der Waals surface area contributed by atoms with Crippen LogP contribution in [0, 0.1) is 5.92 Å². The maximum absolute atomic E-state index is 5.54. The van der Waals surface area contributed by atoms with Gasteiger partial charge in [0.1, 0.15) is 6.10 Å². The van der Waals surface area contributed by atoms with Crippen LogP contribution in [-0.2, 0) is 9.57 Å². The number of methoxy groups -OCH3 is 1. The van der Waals surface area contributed by atoms with Crippen LogP contribution in [-0.4, -0.2) is 25.4 Å². The maximum atomic E-state index is 5.54. The van der Waals surface area contributed by atoms with E-state index >= 15 is 0 Å². The lowest BCUT2D eigenvalue weighted by molar-refractivity contribution is -0.0245. The Bertz CT molecular complexity index is 206. The molecular weight excluding hydrogens is 190 g/mol. The van der Waals surface area contributed by atoms with Gasteiger partial charge >= 0.3 is 0 Å². The Morgan fingerprint density at radius 1 is 1.67 bits per heavy atom. The first-order valence-electron chi connectivity index (χ1n) is 5.64. The summed E-state index contributed by atoms with van der Waals surface area (Å²) in [6.07, 6.45) is 5.21. The minimum Gasteiger partial charge on any atom is -0.382 e. The highest BCUT2D eigenvalue weighted by Gasteiger charge is 2.39. The summed E-state index contributed by atoms with van der Waals surface area (Å²) >= 11 is 0. The predicted molar refractivity (Wildman–Crippen MR) is 61.5 cm³/mol. The van der Waals surface area contributed by atoms with Crippen LogP contribution in [0.15, 0.2) is 12.7 Å². The molecule has 0 aromatic heterocycles. The number of rotatable bonds is 6. The molecule has 0 aromatic rings. The number of hydrogen-bond acceptors (Lipinski definition) is 3. The first kappa shape index (κ1) is 12.7. The van der Waals surface area contributed by atoms with Gasteiger partial charge in [-0.3, -0.25) is 4.84 Å². The normalized spacial score (nSPS) is 31.1. The van der Waals surface area contributed by atoms with Gasteiger partial charge in [0.15, 0.2) is 0 Å². The number of hydroxylamine groups is 1. The zero-order chi connectivity index (χ0) is 11.3. The highest BCUT2D eigenvalue weighted by Crippen LogP contribution is 2.32. The van der Waals surface area contributed by atoms with Gasteiger partial charge in [-0.15, -0.1) is 6.58 Å². The average Bonchev–Trinajstić information content (AvgIpc) is 2.49. The molecule has 88 valence electrons. The second-order valence-corrected chi connectivity index (χ2v) is 4.87. The molecule has 0 aromatic carbocycles. The SMILES string of the molecule is C=CC[C@@]1(CC(C)C)C[C@H](COC)ON1. The Labute approximate surface area is 92.8 Å². The smallest absolute Gasteiger partial charge is 0.104 e. The molecule has 3 heteroatoms. The van der Waals surface area contributed by atoms with Crippen molar-refractivity contribution in [3.05, 3.63) is 12.7 Å². The monoisotopic (exact) mass is 213 g/mol. The van der Waals surface area contributed by atoms with Gasteiger partial charge in [0.25, 0.3) is 0 Å². The van der Waals surface area contributed by atoms with E-state index in [1.54, 1.807) is 7.11 Å². The fourth-order valence-corrected chi connectivity index (χ4v) is 2.40. The van der Waals surface area contributed by atoms with Crippen molar-refractivity contribution in [2.24, 2.45) is 5.92 Å². The molecule has 1 heterocycles. The first-order chi connectivity index (χ1) is 7.12. The van der Waals surface area contributed by atoms with Gasteiger partial charge in [0.2, 0.25) is 0 Å². The molecule has 1 aliphatic rings. The van der Waals surface area contributed by atoms with Crippen LogP contribution in [0.3, 0.4) is 0 Å². The standard InChI is InChI=1S/C12H23NO2/c1-5-6-12(7-10(2)3)8-11(9-14-4)15-13-12/h5,10-11,13H,1,6-9H2,2-4H3/t11-,12-/m1/s1. The van der Waals surface area contributed by atoms with Crippen LogP contribution < -0.4 is 5.48 Å². The Morgan fingerprint density at radius 3 is 2.93 bits per heavy atom. The van der Waals surface area contributed by atoms with Crippen LogP contribution in [0.1, 0.15) is 33.1 Å². The van der Waals surface area contributed by atoms with E-state index in [1.807, 2.05) is 6.08 Å². The molecule has 1 N–H and O–H groups in total. The Morgan fingerprint density at radius 2 is 2.40 bits per heavy atom. The topological polar surface area (TPSA) is 30.5 Å². The van der Waals surface area contributed by atoms with Crippen LogP contribution in [0.2, 0.25) is 0 Å². The molecule has 0 radical (unpaired) electrons. The summed E-state index contributed by atoms with van der Waals surface area (Å²) in [6, 6.07) is 0. The molecule has 2 atom stereocenters. The van der Waals surface area contributed by atoms with Crippen molar-refractivity contribution in [2.75, 3.05) is 13.7 Å². The van der Waals surface area contributed by atoms with Crippen molar-refractivity contribution >= 4 is 0 Å². The van der Waals surface area contributed by atoms with Gasteiger partial charge in [-0.05, 0) is 25.2 Å². The van der Waals surface area contributed by atoms with Gasteiger partial charge in [0.05, 0.1) is 6.61 Å². The molecule has 0 amide bonds. The molecule has 3 nitrogen and oxygen atoms in total. The van der Waals surface area contributed by atoms with E-state index in [9.17, 15) is 0 Å². The van der Waals surface area contributed by atoms with Crippen LogP contribution in [0.25, 0.3) is 0 Å². The third-order valence-corrected chi connectivity index (χ3v) is 2.75. The minimum absolute atomic E-state index is 0.0686. The molecule has 0 bridgehead atoms. The summed E-state index contributed by atoms with van der Waals surface area (Å²) in [5, 5.41) is 0. The van der Waals surface area contributed by atoms with E-state index in [0.717, 1.165) is 19.3 Å². The fraction of sp³-hybridized carbons (Fsp3) is 0.833. The van der Waals surface area contributed by atoms with Gasteiger partial charge in [0, 0.05) is 12.6 Å². The molecule has 0 spiro atoms. The van der Waals surface area contributed by atoms with Crippen LogP contribution in [0.4, 0.5) is 0 Å². The van der Waals surface area contributed by atoms with Crippen molar-refractivity contribution in [2.45, 2.75) is 44.8 Å². The van der Waals surface area contributed by atoms with Crippen LogP contribution in [0.5, 0.6) is 0 Å². The molecule has 0 aliphatic carbocycles. The quantitative estimate of drug-likeness (QED) is 0.687. The summed E-state index contributed by atoms with van der Waals surface area (Å²) in [4.78, 5) is 5.54. The van der Waals surface area contributed by atoms with E-state index in [0.29, 0.717) is 12.5 Å². The Kier molecular flexibility index (Phi) is 4.77. The number of ether oxygens (including phenoxy) is 1. The lowest BCUT2D eigenvalue weighted by Crippen LogP contribution is -2.39.